The normalized spacial score (nSPS) is 12.4. The maximum atomic E-state index is 11.1. The Hall–Kier alpha value is -1.94. The molecule has 0 fully saturated rings. The lowest BCUT2D eigenvalue weighted by Crippen LogP contribution is -2.07. The number of ether oxygens (including phenoxy) is 1. The lowest BCUT2D eigenvalue weighted by Gasteiger charge is -2.10. The number of esters is 1. The van der Waals surface area contributed by atoms with Crippen LogP contribution in [0.15, 0.2) is 36.7 Å². The second-order valence-corrected chi connectivity index (χ2v) is 3.78. The first-order valence-corrected chi connectivity index (χ1v) is 5.29. The highest BCUT2D eigenvalue weighted by Gasteiger charge is 2.13. The Labute approximate surface area is 98.9 Å². The maximum Gasteiger partial charge on any atom is 0.308 e. The van der Waals surface area contributed by atoms with Gasteiger partial charge in [0.2, 0.25) is 0 Å². The van der Waals surface area contributed by atoms with Gasteiger partial charge in [0, 0.05) is 17.8 Å². The molecule has 0 saturated heterocycles. The minimum Gasteiger partial charge on any atom is -0.469 e. The number of fused-ring (bicyclic) bond motifs is 1. The van der Waals surface area contributed by atoms with E-state index in [1.807, 2.05) is 18.2 Å². The van der Waals surface area contributed by atoms with Gasteiger partial charge in [-0.3, -0.25) is 9.78 Å². The van der Waals surface area contributed by atoms with Crippen molar-refractivity contribution in [1.29, 1.82) is 0 Å². The van der Waals surface area contributed by atoms with Crippen LogP contribution >= 0.6 is 0 Å². The number of aliphatic hydroxyl groups excluding tert-OH is 1. The van der Waals surface area contributed by atoms with Crippen molar-refractivity contribution in [3.63, 3.8) is 0 Å². The fraction of sp³-hybridized carbons (Fsp3) is 0.231. The molecule has 0 bridgehead atoms. The Morgan fingerprint density at radius 2 is 2.24 bits per heavy atom. The first-order valence-electron chi connectivity index (χ1n) is 5.29. The van der Waals surface area contributed by atoms with Gasteiger partial charge in [-0.15, -0.1) is 0 Å². The fourth-order valence-electron chi connectivity index (χ4n) is 1.67. The van der Waals surface area contributed by atoms with Crippen molar-refractivity contribution in [3.8, 4) is 0 Å². The second-order valence-electron chi connectivity index (χ2n) is 3.78. The number of benzene rings is 1. The summed E-state index contributed by atoms with van der Waals surface area (Å²) in [4.78, 5) is 15.1. The molecule has 1 aromatic carbocycles. The summed E-state index contributed by atoms with van der Waals surface area (Å²) in [5.41, 5.74) is 0.691. The van der Waals surface area contributed by atoms with Crippen LogP contribution in [0.3, 0.4) is 0 Å². The van der Waals surface area contributed by atoms with Gasteiger partial charge in [0.1, 0.15) is 0 Å². The molecule has 0 radical (unpaired) electrons. The Bertz CT molecular complexity index is 539. The van der Waals surface area contributed by atoms with E-state index in [9.17, 15) is 9.90 Å². The predicted octanol–water partition coefficient (Wildman–Crippen LogP) is 1.83. The van der Waals surface area contributed by atoms with Gasteiger partial charge in [-0.25, -0.2) is 0 Å². The molecule has 0 unspecified atom stereocenters. The Morgan fingerprint density at radius 1 is 1.41 bits per heavy atom. The number of rotatable bonds is 3. The SMILES string of the molecule is COC(=O)C[C@@H](O)c1ccc2ccncc2c1. The van der Waals surface area contributed by atoms with Crippen LogP contribution in [0, 0.1) is 0 Å². The van der Waals surface area contributed by atoms with Crippen molar-refractivity contribution in [2.24, 2.45) is 0 Å². The van der Waals surface area contributed by atoms with Crippen LogP contribution in [0.1, 0.15) is 18.1 Å². The molecule has 0 spiro atoms. The Morgan fingerprint density at radius 3 is 3.00 bits per heavy atom. The van der Waals surface area contributed by atoms with E-state index in [4.69, 9.17) is 0 Å². The van der Waals surface area contributed by atoms with Gasteiger partial charge in [0.25, 0.3) is 0 Å². The number of methoxy groups -OCH3 is 1. The number of hydrogen-bond acceptors (Lipinski definition) is 4. The summed E-state index contributed by atoms with van der Waals surface area (Å²) in [5, 5.41) is 11.8. The predicted molar refractivity (Wildman–Crippen MR) is 63.3 cm³/mol. The highest BCUT2D eigenvalue weighted by atomic mass is 16.5. The van der Waals surface area contributed by atoms with E-state index in [1.54, 1.807) is 18.5 Å². The smallest absolute Gasteiger partial charge is 0.308 e. The van der Waals surface area contributed by atoms with E-state index in [2.05, 4.69) is 9.72 Å². The molecule has 4 heteroatoms. The second kappa shape index (κ2) is 4.93. The molecule has 1 heterocycles. The van der Waals surface area contributed by atoms with Gasteiger partial charge in [-0.2, -0.15) is 0 Å². The van der Waals surface area contributed by atoms with Crippen molar-refractivity contribution in [2.75, 3.05) is 7.11 Å². The zero-order valence-electron chi connectivity index (χ0n) is 9.46. The van der Waals surface area contributed by atoms with Crippen LogP contribution in [0.4, 0.5) is 0 Å². The van der Waals surface area contributed by atoms with Crippen LogP contribution in [0.5, 0.6) is 0 Å². The van der Waals surface area contributed by atoms with Gasteiger partial charge in [-0.05, 0) is 23.1 Å². The summed E-state index contributed by atoms with van der Waals surface area (Å²) in [6.07, 6.45) is 2.56. The van der Waals surface area contributed by atoms with Crippen molar-refractivity contribution < 1.29 is 14.6 Å². The van der Waals surface area contributed by atoms with E-state index in [1.165, 1.54) is 7.11 Å². The molecule has 1 atom stereocenters. The molecule has 1 N–H and O–H groups in total. The van der Waals surface area contributed by atoms with Crippen LogP contribution in [-0.2, 0) is 9.53 Å². The van der Waals surface area contributed by atoms with Crippen LogP contribution in [0.25, 0.3) is 10.8 Å². The number of aromatic nitrogens is 1. The van der Waals surface area contributed by atoms with Gasteiger partial charge < -0.3 is 9.84 Å². The van der Waals surface area contributed by atoms with Crippen LogP contribution < -0.4 is 0 Å². The van der Waals surface area contributed by atoms with E-state index in [0.717, 1.165) is 10.8 Å². The molecule has 0 aliphatic heterocycles. The number of carbonyl (C=O) groups is 1. The number of hydrogen-bond donors (Lipinski definition) is 1. The molecule has 0 aliphatic rings. The van der Waals surface area contributed by atoms with Crippen molar-refractivity contribution in [3.05, 3.63) is 42.2 Å². The fourth-order valence-corrected chi connectivity index (χ4v) is 1.67. The molecule has 0 amide bonds. The van der Waals surface area contributed by atoms with Crippen molar-refractivity contribution in [1.82, 2.24) is 4.98 Å². The standard InChI is InChI=1S/C13H13NO3/c1-17-13(16)7-12(15)10-3-2-9-4-5-14-8-11(9)6-10/h2-6,8,12,15H,7H2,1H3/t12-/m1/s1. The molecule has 4 nitrogen and oxygen atoms in total. The van der Waals surface area contributed by atoms with Crippen molar-refractivity contribution >= 4 is 16.7 Å². The lowest BCUT2D eigenvalue weighted by molar-refractivity contribution is -0.142. The topological polar surface area (TPSA) is 59.4 Å². The zero-order valence-corrected chi connectivity index (χ0v) is 9.46. The average molecular weight is 231 g/mol. The van der Waals surface area contributed by atoms with Gasteiger partial charge >= 0.3 is 5.97 Å². The monoisotopic (exact) mass is 231 g/mol. The Kier molecular flexibility index (Phi) is 3.35. The van der Waals surface area contributed by atoms with E-state index < -0.39 is 12.1 Å². The number of carbonyl (C=O) groups excluding carboxylic acids is 1. The number of aliphatic hydroxyl groups is 1. The lowest BCUT2D eigenvalue weighted by atomic mass is 10.0. The highest BCUT2D eigenvalue weighted by Crippen LogP contribution is 2.21. The molecule has 2 rings (SSSR count). The van der Waals surface area contributed by atoms with Gasteiger partial charge in [-0.1, -0.05) is 12.1 Å². The van der Waals surface area contributed by atoms with E-state index in [0.29, 0.717) is 5.56 Å². The zero-order chi connectivity index (χ0) is 12.3. The third-order valence-electron chi connectivity index (χ3n) is 2.64. The highest BCUT2D eigenvalue weighted by molar-refractivity contribution is 5.82. The summed E-state index contributed by atoms with van der Waals surface area (Å²) in [7, 11) is 1.30. The average Bonchev–Trinajstić information content (AvgIpc) is 2.38. The molecule has 88 valence electrons. The Balaban J connectivity index is 2.26. The number of pyridine rings is 1. The van der Waals surface area contributed by atoms with E-state index >= 15 is 0 Å². The quantitative estimate of drug-likeness (QED) is 0.819. The third-order valence-corrected chi connectivity index (χ3v) is 2.64. The van der Waals surface area contributed by atoms with Gasteiger partial charge in [0.15, 0.2) is 0 Å². The molecule has 2 aromatic rings. The molecular formula is C13H13NO3. The summed E-state index contributed by atoms with van der Waals surface area (Å²) < 4.78 is 4.52. The number of nitrogens with zero attached hydrogens (tertiary/aromatic N) is 1. The van der Waals surface area contributed by atoms with Crippen LogP contribution in [0.2, 0.25) is 0 Å². The first-order chi connectivity index (χ1) is 8.20. The summed E-state index contributed by atoms with van der Waals surface area (Å²) in [5.74, 6) is -0.427. The van der Waals surface area contributed by atoms with Crippen LogP contribution in [-0.4, -0.2) is 23.2 Å². The minimum absolute atomic E-state index is 0.0394. The molecule has 17 heavy (non-hydrogen) atoms. The minimum atomic E-state index is -0.841. The van der Waals surface area contributed by atoms with Crippen molar-refractivity contribution in [2.45, 2.75) is 12.5 Å². The first kappa shape index (κ1) is 11.5. The molecule has 1 aromatic heterocycles. The largest absolute Gasteiger partial charge is 0.469 e. The molecule has 0 saturated carbocycles. The maximum absolute atomic E-state index is 11.1. The summed E-state index contributed by atoms with van der Waals surface area (Å²) in [6, 6.07) is 7.42. The summed E-state index contributed by atoms with van der Waals surface area (Å²) in [6.45, 7) is 0. The van der Waals surface area contributed by atoms with Gasteiger partial charge in [0.05, 0.1) is 19.6 Å². The van der Waals surface area contributed by atoms with E-state index in [-0.39, 0.29) is 6.42 Å². The molecule has 0 aliphatic carbocycles. The summed E-state index contributed by atoms with van der Waals surface area (Å²) >= 11 is 0. The third kappa shape index (κ3) is 2.60. The molecular weight excluding hydrogens is 218 g/mol.